The van der Waals surface area contributed by atoms with Gasteiger partial charge in [-0.1, -0.05) is 6.07 Å². The molecule has 1 amide bonds. The molecule has 1 saturated heterocycles. The van der Waals surface area contributed by atoms with Crippen LogP contribution in [0.5, 0.6) is 0 Å². The molecule has 6 heteroatoms. The number of halogens is 1. The highest BCUT2D eigenvalue weighted by atomic mass is 35.5. The van der Waals surface area contributed by atoms with Gasteiger partial charge in [0, 0.05) is 17.2 Å². The van der Waals surface area contributed by atoms with Crippen LogP contribution < -0.4 is 10.6 Å². The van der Waals surface area contributed by atoms with Crippen molar-refractivity contribution in [2.75, 3.05) is 18.4 Å². The lowest BCUT2D eigenvalue weighted by Gasteiger charge is -2.23. The maximum Gasteiger partial charge on any atom is 0.228 e. The molecule has 2 N–H and O–H groups in total. The molecule has 1 atom stereocenters. The van der Waals surface area contributed by atoms with Crippen molar-refractivity contribution in [3.63, 3.8) is 0 Å². The molecule has 2 aliphatic rings. The van der Waals surface area contributed by atoms with Crippen LogP contribution in [0.25, 0.3) is 11.5 Å². The molecule has 5 nitrogen and oxygen atoms in total. The second kappa shape index (κ2) is 6.81. The monoisotopic (exact) mass is 361 g/mol. The summed E-state index contributed by atoms with van der Waals surface area (Å²) in [6, 6.07) is 7.72. The summed E-state index contributed by atoms with van der Waals surface area (Å²) in [5, 5.41) is 6.45. The van der Waals surface area contributed by atoms with E-state index in [4.69, 9.17) is 4.42 Å². The molecule has 4 rings (SSSR count). The molecular formula is C19H24ClN3O2. The van der Waals surface area contributed by atoms with Crippen LogP contribution in [0.1, 0.15) is 30.7 Å². The molecule has 1 aliphatic carbocycles. The van der Waals surface area contributed by atoms with Gasteiger partial charge >= 0.3 is 0 Å². The zero-order valence-corrected chi connectivity index (χ0v) is 15.4. The molecule has 1 aromatic heterocycles. The van der Waals surface area contributed by atoms with Crippen molar-refractivity contribution in [3.05, 3.63) is 35.7 Å². The van der Waals surface area contributed by atoms with Gasteiger partial charge in [-0.15, -0.1) is 12.4 Å². The summed E-state index contributed by atoms with van der Waals surface area (Å²) < 4.78 is 5.68. The number of oxazole rings is 1. The largest absolute Gasteiger partial charge is 0.441 e. The maximum absolute atomic E-state index is 12.6. The molecule has 1 aromatic carbocycles. The minimum atomic E-state index is 0. The first kappa shape index (κ1) is 18.0. The van der Waals surface area contributed by atoms with Crippen LogP contribution in [0.15, 0.2) is 28.7 Å². The lowest BCUT2D eigenvalue weighted by Crippen LogP contribution is -2.31. The lowest BCUT2D eigenvalue weighted by molar-refractivity contribution is -0.118. The smallest absolute Gasteiger partial charge is 0.228 e. The van der Waals surface area contributed by atoms with Crippen molar-refractivity contribution in [2.45, 2.75) is 33.1 Å². The predicted molar refractivity (Wildman–Crippen MR) is 99.9 cm³/mol. The van der Waals surface area contributed by atoms with Crippen molar-refractivity contribution in [2.24, 2.45) is 11.3 Å². The number of hydrogen-bond acceptors (Lipinski definition) is 4. The average Bonchev–Trinajstić information content (AvgIpc) is 3.16. The molecule has 2 heterocycles. The topological polar surface area (TPSA) is 67.2 Å². The lowest BCUT2D eigenvalue weighted by atomic mass is 9.92. The molecule has 0 bridgehead atoms. The third-order valence-electron chi connectivity index (χ3n) is 5.51. The number of hydrogen-bond donors (Lipinski definition) is 2. The highest BCUT2D eigenvalue weighted by Gasteiger charge is 2.57. The van der Waals surface area contributed by atoms with Gasteiger partial charge < -0.3 is 15.1 Å². The van der Waals surface area contributed by atoms with Gasteiger partial charge in [0.1, 0.15) is 5.76 Å². The van der Waals surface area contributed by atoms with E-state index in [2.05, 4.69) is 15.6 Å². The quantitative estimate of drug-likeness (QED) is 0.874. The molecule has 25 heavy (non-hydrogen) atoms. The summed E-state index contributed by atoms with van der Waals surface area (Å²) in [5.74, 6) is 1.73. The van der Waals surface area contributed by atoms with Crippen molar-refractivity contribution < 1.29 is 9.21 Å². The fourth-order valence-electron chi connectivity index (χ4n) is 3.75. The zero-order valence-electron chi connectivity index (χ0n) is 14.6. The Balaban J connectivity index is 0.00000182. The number of carbonyl (C=O) groups excluding carboxylic acids is 1. The first-order valence-corrected chi connectivity index (χ1v) is 8.63. The SMILES string of the molecule is Cc1nc(-c2cccc(NC(=O)C3CC34CCNCC4)c2)oc1C.Cl. The average molecular weight is 362 g/mol. The summed E-state index contributed by atoms with van der Waals surface area (Å²) in [4.78, 5) is 17.0. The summed E-state index contributed by atoms with van der Waals surface area (Å²) in [6.07, 6.45) is 3.25. The van der Waals surface area contributed by atoms with Crippen molar-refractivity contribution in [3.8, 4) is 11.5 Å². The minimum Gasteiger partial charge on any atom is -0.441 e. The van der Waals surface area contributed by atoms with Gasteiger partial charge in [0.25, 0.3) is 0 Å². The number of amides is 1. The van der Waals surface area contributed by atoms with E-state index in [-0.39, 0.29) is 29.6 Å². The number of anilines is 1. The number of aryl methyl sites for hydroxylation is 2. The molecule has 2 aromatic rings. The summed E-state index contributed by atoms with van der Waals surface area (Å²) in [5.41, 5.74) is 2.84. The van der Waals surface area contributed by atoms with Gasteiger partial charge in [0.15, 0.2) is 0 Å². The van der Waals surface area contributed by atoms with Crippen LogP contribution >= 0.6 is 12.4 Å². The van der Waals surface area contributed by atoms with Crippen LogP contribution in [0, 0.1) is 25.2 Å². The first-order chi connectivity index (χ1) is 11.6. The number of rotatable bonds is 3. The standard InChI is InChI=1S/C19H23N3O2.ClH/c1-12-13(2)24-18(21-12)14-4-3-5-15(10-14)22-17(23)16-11-19(16)6-8-20-9-7-19;/h3-5,10,16,20H,6-9,11H2,1-2H3,(H,22,23);1H. The fourth-order valence-corrected chi connectivity index (χ4v) is 3.75. The van der Waals surface area contributed by atoms with Crippen molar-refractivity contribution >= 4 is 24.0 Å². The zero-order chi connectivity index (χ0) is 16.7. The Morgan fingerprint density at radius 2 is 2.08 bits per heavy atom. The number of carbonyl (C=O) groups is 1. The Labute approximate surface area is 154 Å². The molecule has 1 unspecified atom stereocenters. The molecule has 2 fully saturated rings. The van der Waals surface area contributed by atoms with E-state index < -0.39 is 0 Å². The second-order valence-electron chi connectivity index (χ2n) is 7.10. The van der Waals surface area contributed by atoms with Crippen LogP contribution in [-0.2, 0) is 4.79 Å². The van der Waals surface area contributed by atoms with E-state index in [1.165, 1.54) is 0 Å². The molecule has 134 valence electrons. The van der Waals surface area contributed by atoms with Gasteiger partial charge in [0.2, 0.25) is 11.8 Å². The summed E-state index contributed by atoms with van der Waals surface area (Å²) in [7, 11) is 0. The normalized spacial score (nSPS) is 20.8. The molecule has 1 saturated carbocycles. The van der Waals surface area contributed by atoms with E-state index in [0.29, 0.717) is 5.89 Å². The summed E-state index contributed by atoms with van der Waals surface area (Å²) >= 11 is 0. The van der Waals surface area contributed by atoms with Crippen LogP contribution in [0.3, 0.4) is 0 Å². The van der Waals surface area contributed by atoms with Crippen LogP contribution in [-0.4, -0.2) is 24.0 Å². The van der Waals surface area contributed by atoms with E-state index in [1.54, 1.807) is 0 Å². The van der Waals surface area contributed by atoms with Gasteiger partial charge in [-0.25, -0.2) is 4.98 Å². The van der Waals surface area contributed by atoms with E-state index in [0.717, 1.165) is 55.1 Å². The number of nitrogens with one attached hydrogen (secondary N) is 2. The number of benzene rings is 1. The maximum atomic E-state index is 12.6. The third kappa shape index (κ3) is 3.44. The van der Waals surface area contributed by atoms with Gasteiger partial charge in [-0.05, 0) is 69.8 Å². The summed E-state index contributed by atoms with van der Waals surface area (Å²) in [6.45, 7) is 5.90. The van der Waals surface area contributed by atoms with Gasteiger partial charge in [-0.3, -0.25) is 4.79 Å². The number of nitrogens with zero attached hydrogens (tertiary/aromatic N) is 1. The van der Waals surface area contributed by atoms with Crippen molar-refractivity contribution in [1.29, 1.82) is 0 Å². The molecule has 1 spiro atoms. The fraction of sp³-hybridized carbons (Fsp3) is 0.474. The molecule has 1 aliphatic heterocycles. The minimum absolute atomic E-state index is 0. The highest BCUT2D eigenvalue weighted by Crippen LogP contribution is 2.58. The Hall–Kier alpha value is -1.85. The van der Waals surface area contributed by atoms with E-state index in [1.807, 2.05) is 38.1 Å². The highest BCUT2D eigenvalue weighted by molar-refractivity contribution is 5.95. The first-order valence-electron chi connectivity index (χ1n) is 8.63. The number of piperidine rings is 1. The van der Waals surface area contributed by atoms with Crippen molar-refractivity contribution in [1.82, 2.24) is 10.3 Å². The Morgan fingerprint density at radius 1 is 1.32 bits per heavy atom. The third-order valence-corrected chi connectivity index (χ3v) is 5.51. The van der Waals surface area contributed by atoms with E-state index >= 15 is 0 Å². The molecular weight excluding hydrogens is 338 g/mol. The van der Waals surface area contributed by atoms with Gasteiger partial charge in [0.05, 0.1) is 5.69 Å². The Kier molecular flexibility index (Phi) is 4.89. The Morgan fingerprint density at radius 3 is 2.76 bits per heavy atom. The van der Waals surface area contributed by atoms with Crippen LogP contribution in [0.4, 0.5) is 5.69 Å². The molecule has 0 radical (unpaired) electrons. The van der Waals surface area contributed by atoms with Crippen LogP contribution in [0.2, 0.25) is 0 Å². The second-order valence-corrected chi connectivity index (χ2v) is 7.10. The number of aromatic nitrogens is 1. The predicted octanol–water partition coefficient (Wildman–Crippen LogP) is 3.71. The van der Waals surface area contributed by atoms with Gasteiger partial charge in [-0.2, -0.15) is 0 Å². The van der Waals surface area contributed by atoms with E-state index in [9.17, 15) is 4.79 Å². The Bertz CT molecular complexity index is 761.